The van der Waals surface area contributed by atoms with Crippen molar-refractivity contribution >= 4 is 21.4 Å². The minimum absolute atomic E-state index is 0.0339. The number of halogens is 1. The Morgan fingerprint density at radius 2 is 1.84 bits per heavy atom. The highest BCUT2D eigenvalue weighted by Gasteiger charge is 2.23. The normalized spacial score (nSPS) is 14.6. The van der Waals surface area contributed by atoms with Gasteiger partial charge in [0.2, 0.25) is 0 Å². The summed E-state index contributed by atoms with van der Waals surface area (Å²) in [7, 11) is -2.50. The maximum atomic E-state index is 13.7. The highest BCUT2D eigenvalue weighted by Crippen LogP contribution is 2.33. The van der Waals surface area contributed by atoms with Crippen LogP contribution >= 0.6 is 0 Å². The molecule has 1 fully saturated rings. The van der Waals surface area contributed by atoms with Crippen LogP contribution in [0.5, 0.6) is 5.75 Å². The van der Waals surface area contributed by atoms with Gasteiger partial charge in [-0.3, -0.25) is 4.72 Å². The van der Waals surface area contributed by atoms with E-state index in [2.05, 4.69) is 9.62 Å². The van der Waals surface area contributed by atoms with E-state index in [1.54, 1.807) is 25.1 Å². The van der Waals surface area contributed by atoms with Gasteiger partial charge in [-0.15, -0.1) is 0 Å². The number of methoxy groups -OCH3 is 1. The summed E-state index contributed by atoms with van der Waals surface area (Å²) in [5.41, 5.74) is 1.72. The molecule has 0 aliphatic carbocycles. The average molecular weight is 364 g/mol. The van der Waals surface area contributed by atoms with Crippen molar-refractivity contribution in [2.75, 3.05) is 29.8 Å². The number of sulfonamides is 1. The van der Waals surface area contributed by atoms with Gasteiger partial charge in [0.05, 0.1) is 18.5 Å². The summed E-state index contributed by atoms with van der Waals surface area (Å²) in [6, 6.07) is 9.10. The first-order valence-electron chi connectivity index (χ1n) is 8.13. The third-order valence-corrected chi connectivity index (χ3v) is 5.65. The van der Waals surface area contributed by atoms with E-state index < -0.39 is 15.8 Å². The van der Waals surface area contributed by atoms with Crippen molar-refractivity contribution in [1.82, 2.24) is 0 Å². The first-order chi connectivity index (χ1) is 11.9. The highest BCUT2D eigenvalue weighted by atomic mass is 32.2. The molecule has 0 radical (unpaired) electrons. The van der Waals surface area contributed by atoms with Crippen LogP contribution in [0.4, 0.5) is 15.8 Å². The Hall–Kier alpha value is -2.28. The summed E-state index contributed by atoms with van der Waals surface area (Å²) in [4.78, 5) is 2.09. The van der Waals surface area contributed by atoms with Crippen LogP contribution in [0.3, 0.4) is 0 Å². The molecule has 134 valence electrons. The molecule has 1 aliphatic heterocycles. The summed E-state index contributed by atoms with van der Waals surface area (Å²) in [5, 5.41) is 0. The maximum Gasteiger partial charge on any atom is 0.265 e. The van der Waals surface area contributed by atoms with Gasteiger partial charge in [-0.05, 0) is 49.6 Å². The Labute approximate surface area is 147 Å². The molecular weight excluding hydrogens is 343 g/mol. The molecule has 0 saturated carbocycles. The van der Waals surface area contributed by atoms with Crippen LogP contribution in [0.15, 0.2) is 41.3 Å². The van der Waals surface area contributed by atoms with Crippen molar-refractivity contribution < 1.29 is 17.5 Å². The Morgan fingerprint density at radius 1 is 1.12 bits per heavy atom. The van der Waals surface area contributed by atoms with Gasteiger partial charge in [0, 0.05) is 19.2 Å². The standard InChI is InChI=1S/C18H21FN2O3S/c1-13-5-8-17(24-2)18(11-13)25(22,23)20-15-12-14(19)6-7-16(15)21-9-3-4-10-21/h5-8,11-12,20H,3-4,9-10H2,1-2H3. The van der Waals surface area contributed by atoms with E-state index in [4.69, 9.17) is 4.74 Å². The van der Waals surface area contributed by atoms with Crippen molar-refractivity contribution in [3.05, 3.63) is 47.8 Å². The molecule has 5 nitrogen and oxygen atoms in total. The molecule has 0 amide bonds. The van der Waals surface area contributed by atoms with Crippen LogP contribution in [-0.4, -0.2) is 28.6 Å². The maximum absolute atomic E-state index is 13.7. The molecule has 2 aromatic rings. The minimum Gasteiger partial charge on any atom is -0.495 e. The average Bonchev–Trinajstić information content (AvgIpc) is 3.09. The fourth-order valence-corrected chi connectivity index (χ4v) is 4.34. The lowest BCUT2D eigenvalue weighted by Gasteiger charge is -2.22. The SMILES string of the molecule is COc1ccc(C)cc1S(=O)(=O)Nc1cc(F)ccc1N1CCCC1. The van der Waals surface area contributed by atoms with Crippen molar-refractivity contribution in [3.8, 4) is 5.75 Å². The molecule has 0 unspecified atom stereocenters. The van der Waals surface area contributed by atoms with Gasteiger partial charge >= 0.3 is 0 Å². The van der Waals surface area contributed by atoms with E-state index in [9.17, 15) is 12.8 Å². The number of ether oxygens (including phenoxy) is 1. The lowest BCUT2D eigenvalue weighted by atomic mass is 10.2. The molecule has 0 bridgehead atoms. The fourth-order valence-electron chi connectivity index (χ4n) is 3.02. The Balaban J connectivity index is 2.01. The van der Waals surface area contributed by atoms with Crippen LogP contribution in [0.1, 0.15) is 18.4 Å². The van der Waals surface area contributed by atoms with E-state index in [1.807, 2.05) is 0 Å². The molecule has 0 spiro atoms. The lowest BCUT2D eigenvalue weighted by molar-refractivity contribution is 0.402. The minimum atomic E-state index is -3.92. The molecule has 2 aromatic carbocycles. The number of anilines is 2. The molecule has 1 N–H and O–H groups in total. The molecule has 0 atom stereocenters. The predicted molar refractivity (Wildman–Crippen MR) is 96.4 cm³/mol. The first kappa shape index (κ1) is 17.5. The monoisotopic (exact) mass is 364 g/mol. The van der Waals surface area contributed by atoms with Gasteiger partial charge in [0.15, 0.2) is 0 Å². The van der Waals surface area contributed by atoms with Crippen LogP contribution in [0, 0.1) is 12.7 Å². The summed E-state index contributed by atoms with van der Waals surface area (Å²) in [6.07, 6.45) is 2.07. The zero-order valence-corrected chi connectivity index (χ0v) is 15.1. The fraction of sp³-hybridized carbons (Fsp3) is 0.333. The molecule has 7 heteroatoms. The van der Waals surface area contributed by atoms with Gasteiger partial charge in [-0.1, -0.05) is 6.07 Å². The molecule has 0 aromatic heterocycles. The van der Waals surface area contributed by atoms with E-state index in [-0.39, 0.29) is 16.3 Å². The topological polar surface area (TPSA) is 58.6 Å². The molecule has 25 heavy (non-hydrogen) atoms. The van der Waals surface area contributed by atoms with Gasteiger partial charge < -0.3 is 9.64 Å². The third kappa shape index (κ3) is 3.71. The van der Waals surface area contributed by atoms with Gasteiger partial charge in [0.1, 0.15) is 16.5 Å². The highest BCUT2D eigenvalue weighted by molar-refractivity contribution is 7.92. The summed E-state index contributed by atoms with van der Waals surface area (Å²) in [5.74, 6) is -0.242. The van der Waals surface area contributed by atoms with Gasteiger partial charge in [-0.2, -0.15) is 0 Å². The predicted octanol–water partition coefficient (Wildman–Crippen LogP) is 3.54. The molecule has 1 saturated heterocycles. The van der Waals surface area contributed by atoms with Crippen LogP contribution < -0.4 is 14.4 Å². The Bertz CT molecular complexity index is 878. The van der Waals surface area contributed by atoms with E-state index in [1.165, 1.54) is 25.3 Å². The third-order valence-electron chi connectivity index (χ3n) is 4.26. The first-order valence-corrected chi connectivity index (χ1v) is 9.61. The van der Waals surface area contributed by atoms with Gasteiger partial charge in [0.25, 0.3) is 10.0 Å². The zero-order chi connectivity index (χ0) is 18.0. The number of hydrogen-bond acceptors (Lipinski definition) is 4. The quantitative estimate of drug-likeness (QED) is 0.882. The number of nitrogens with zero attached hydrogens (tertiary/aromatic N) is 1. The van der Waals surface area contributed by atoms with E-state index in [0.29, 0.717) is 5.69 Å². The second-order valence-electron chi connectivity index (χ2n) is 6.12. The van der Waals surface area contributed by atoms with Crippen LogP contribution in [0.25, 0.3) is 0 Å². The smallest absolute Gasteiger partial charge is 0.265 e. The summed E-state index contributed by atoms with van der Waals surface area (Å²) >= 11 is 0. The number of nitrogens with one attached hydrogen (secondary N) is 1. The van der Waals surface area contributed by atoms with Crippen molar-refractivity contribution in [2.45, 2.75) is 24.7 Å². The van der Waals surface area contributed by atoms with Crippen LogP contribution in [-0.2, 0) is 10.0 Å². The second-order valence-corrected chi connectivity index (χ2v) is 7.77. The Kier molecular flexibility index (Phi) is 4.85. The van der Waals surface area contributed by atoms with E-state index in [0.717, 1.165) is 31.5 Å². The molecule has 1 heterocycles. The van der Waals surface area contributed by atoms with Crippen molar-refractivity contribution in [2.24, 2.45) is 0 Å². The molecular formula is C18H21FN2O3S. The number of aryl methyl sites for hydroxylation is 1. The lowest BCUT2D eigenvalue weighted by Crippen LogP contribution is -2.21. The second kappa shape index (κ2) is 6.92. The van der Waals surface area contributed by atoms with Crippen molar-refractivity contribution in [1.29, 1.82) is 0 Å². The number of hydrogen-bond donors (Lipinski definition) is 1. The van der Waals surface area contributed by atoms with Crippen molar-refractivity contribution in [3.63, 3.8) is 0 Å². The molecule has 1 aliphatic rings. The van der Waals surface area contributed by atoms with Gasteiger partial charge in [-0.25, -0.2) is 12.8 Å². The summed E-state index contributed by atoms with van der Waals surface area (Å²) in [6.45, 7) is 3.46. The Morgan fingerprint density at radius 3 is 2.52 bits per heavy atom. The summed E-state index contributed by atoms with van der Waals surface area (Å²) < 4.78 is 47.2. The number of rotatable bonds is 5. The number of benzene rings is 2. The van der Waals surface area contributed by atoms with E-state index >= 15 is 0 Å². The van der Waals surface area contributed by atoms with Crippen LogP contribution in [0.2, 0.25) is 0 Å². The zero-order valence-electron chi connectivity index (χ0n) is 14.3. The largest absolute Gasteiger partial charge is 0.495 e. The molecule has 3 rings (SSSR count).